The quantitative estimate of drug-likeness (QED) is 0.447. The normalized spacial score (nSPS) is 2.75. The predicted octanol–water partition coefficient (Wildman–Crippen LogP) is 0.914. The van der Waals surface area contributed by atoms with Gasteiger partial charge in [-0.15, -0.1) is 0 Å². The van der Waals surface area contributed by atoms with Gasteiger partial charge in [0, 0.05) is 80.9 Å². The van der Waals surface area contributed by atoms with Crippen LogP contribution in [0.3, 0.4) is 0 Å². The van der Waals surface area contributed by atoms with E-state index in [1.807, 2.05) is 6.92 Å². The van der Waals surface area contributed by atoms with Crippen LogP contribution in [0, 0.1) is 14.4 Å². The van der Waals surface area contributed by atoms with Gasteiger partial charge in [-0.25, -0.2) is 0 Å². The maximum atomic E-state index is 4.00. The summed E-state index contributed by atoms with van der Waals surface area (Å²) in [4.78, 5) is 0. The molecule has 6 radical (unpaired) electrons. The van der Waals surface area contributed by atoms with E-state index in [0.717, 1.165) is 6.42 Å². The van der Waals surface area contributed by atoms with Crippen LogP contribution in [0.4, 0.5) is 0 Å². The predicted molar refractivity (Wildman–Crippen MR) is 33.6 cm³/mol. The summed E-state index contributed by atoms with van der Waals surface area (Å²) in [5.41, 5.74) is 0. The molecule has 0 saturated heterocycles. The number of rotatable bonds is 0. The molecule has 0 aliphatic heterocycles. The maximum Gasteiger partial charge on any atom is 0 e. The average molecular weight is 258 g/mol. The molecule has 0 bridgehead atoms. The van der Waals surface area contributed by atoms with Crippen molar-refractivity contribution in [2.75, 3.05) is 0 Å². The maximum absolute atomic E-state index is 4.00. The summed E-state index contributed by atoms with van der Waals surface area (Å²) in [5, 5.41) is 0. The standard InChI is InChI=1S/C3H7.CH3.B2.2Y/c1-3-2;;1-2;;/h1,3H2,2H3;1H3;;;/q2*-1;;;. The molecule has 0 aliphatic carbocycles. The van der Waals surface area contributed by atoms with Crippen LogP contribution in [0.2, 0.25) is 0 Å². The average Bonchev–Trinajstić information content (AvgIpc) is 1.46. The molecule has 0 atom stereocenters. The molecule has 0 rings (SSSR count). The third-order valence-corrected chi connectivity index (χ3v) is 0. The Morgan fingerprint density at radius 3 is 1.25 bits per heavy atom. The summed E-state index contributed by atoms with van der Waals surface area (Å²) in [6.07, 6.45) is 1.00. The Balaban J connectivity index is -0.00000000567. The van der Waals surface area contributed by atoms with E-state index in [0.29, 0.717) is 0 Å². The summed E-state index contributed by atoms with van der Waals surface area (Å²) in [5.74, 6) is 0. The van der Waals surface area contributed by atoms with Crippen molar-refractivity contribution in [2.45, 2.75) is 13.3 Å². The van der Waals surface area contributed by atoms with Crippen LogP contribution in [0.25, 0.3) is 0 Å². The van der Waals surface area contributed by atoms with Gasteiger partial charge in [-0.05, 0) is 0 Å². The minimum atomic E-state index is 0. The molecule has 0 aromatic rings. The molecule has 0 amide bonds. The van der Waals surface area contributed by atoms with Crippen molar-refractivity contribution < 1.29 is 65.4 Å². The first-order valence-electron chi connectivity index (χ1n) is 1.54. The molecular weight excluding hydrogens is 247 g/mol. The van der Waals surface area contributed by atoms with E-state index in [9.17, 15) is 0 Å². The summed E-state index contributed by atoms with van der Waals surface area (Å²) < 4.78 is 0. The first-order valence-corrected chi connectivity index (χ1v) is 1.54. The van der Waals surface area contributed by atoms with Gasteiger partial charge in [0.25, 0.3) is 0 Å². The molecular formula is C4H10B2Y2-2. The molecule has 40 valence electrons. The summed E-state index contributed by atoms with van der Waals surface area (Å²) in [6, 6.07) is 0. The first-order chi connectivity index (χ1) is 2.41. The van der Waals surface area contributed by atoms with Crippen molar-refractivity contribution in [3.05, 3.63) is 14.4 Å². The van der Waals surface area contributed by atoms with Gasteiger partial charge in [0.15, 0.2) is 0 Å². The van der Waals surface area contributed by atoms with Crippen molar-refractivity contribution in [3.8, 4) is 0 Å². The van der Waals surface area contributed by atoms with E-state index in [4.69, 9.17) is 0 Å². The number of hydrogen-bond donors (Lipinski definition) is 0. The fraction of sp³-hybridized carbons (Fsp3) is 0.500. The minimum absolute atomic E-state index is 0. The van der Waals surface area contributed by atoms with Gasteiger partial charge < -0.3 is 14.4 Å². The van der Waals surface area contributed by atoms with E-state index in [1.54, 1.807) is 0 Å². The van der Waals surface area contributed by atoms with Crippen LogP contribution in [-0.2, 0) is 65.4 Å². The first kappa shape index (κ1) is 31.6. The van der Waals surface area contributed by atoms with E-state index >= 15 is 0 Å². The molecule has 0 saturated carbocycles. The second-order valence-corrected chi connectivity index (χ2v) is 0.500. The topological polar surface area (TPSA) is 0 Å². The molecule has 0 unspecified atom stereocenters. The van der Waals surface area contributed by atoms with E-state index in [2.05, 4.69) is 22.4 Å². The minimum Gasteiger partial charge on any atom is -0.358 e. The Morgan fingerprint density at radius 2 is 1.25 bits per heavy atom. The molecule has 4 heteroatoms. The zero-order valence-electron chi connectivity index (χ0n) is 5.72. The molecule has 0 aromatic heterocycles. The summed E-state index contributed by atoms with van der Waals surface area (Å²) in [6.45, 7) is 5.50. The smallest absolute Gasteiger partial charge is 0 e. The fourth-order valence-corrected chi connectivity index (χ4v) is 0. The van der Waals surface area contributed by atoms with Crippen LogP contribution in [0.1, 0.15) is 13.3 Å². The van der Waals surface area contributed by atoms with Crippen molar-refractivity contribution in [2.24, 2.45) is 0 Å². The van der Waals surface area contributed by atoms with Crippen molar-refractivity contribution >= 4 is 15.5 Å². The monoisotopic (exact) mass is 258 g/mol. The van der Waals surface area contributed by atoms with Gasteiger partial charge in [-0.3, -0.25) is 0 Å². The van der Waals surface area contributed by atoms with E-state index in [1.165, 1.54) is 0 Å². The molecule has 0 spiro atoms. The molecule has 0 nitrogen and oxygen atoms in total. The third-order valence-electron chi connectivity index (χ3n) is 0. The second kappa shape index (κ2) is 58.3. The van der Waals surface area contributed by atoms with Crippen molar-refractivity contribution in [1.82, 2.24) is 0 Å². The largest absolute Gasteiger partial charge is 0.358 e. The Kier molecular flexibility index (Phi) is 230. The molecule has 0 aromatic carbocycles. The van der Waals surface area contributed by atoms with Gasteiger partial charge in [0.1, 0.15) is 0 Å². The van der Waals surface area contributed by atoms with Crippen molar-refractivity contribution in [1.29, 1.82) is 0 Å². The Morgan fingerprint density at radius 1 is 1.25 bits per heavy atom. The summed E-state index contributed by atoms with van der Waals surface area (Å²) in [7, 11) is 8.00. The SMILES string of the molecule is [B][B].[CH2-]CC.[CH3-].[Y].[Y]. The Bertz CT molecular complexity index is 12.0. The van der Waals surface area contributed by atoms with Crippen molar-refractivity contribution in [3.63, 3.8) is 0 Å². The van der Waals surface area contributed by atoms with Crippen LogP contribution in [0.15, 0.2) is 0 Å². The van der Waals surface area contributed by atoms with Gasteiger partial charge in [-0.1, -0.05) is 6.92 Å². The van der Waals surface area contributed by atoms with Gasteiger partial charge >= 0.3 is 0 Å². The second-order valence-electron chi connectivity index (χ2n) is 0.500. The third kappa shape index (κ3) is 82.1. The zero-order chi connectivity index (χ0) is 4.71. The zero-order valence-corrected chi connectivity index (χ0v) is 11.4. The van der Waals surface area contributed by atoms with Gasteiger partial charge in [-0.2, -0.15) is 6.42 Å². The van der Waals surface area contributed by atoms with Gasteiger partial charge in [0.05, 0.1) is 0 Å². The summed E-state index contributed by atoms with van der Waals surface area (Å²) >= 11 is 0. The van der Waals surface area contributed by atoms with Crippen LogP contribution in [0.5, 0.6) is 0 Å². The Hall–Kier alpha value is 2.34. The van der Waals surface area contributed by atoms with E-state index in [-0.39, 0.29) is 72.8 Å². The molecule has 0 N–H and O–H groups in total. The molecule has 0 aliphatic rings. The van der Waals surface area contributed by atoms with E-state index < -0.39 is 0 Å². The molecule has 0 heterocycles. The fourth-order valence-electron chi connectivity index (χ4n) is 0. The van der Waals surface area contributed by atoms with Crippen LogP contribution in [-0.4, -0.2) is 15.5 Å². The van der Waals surface area contributed by atoms with Crippen LogP contribution < -0.4 is 0 Å². The molecule has 8 heavy (non-hydrogen) atoms. The molecule has 0 fully saturated rings. The Labute approximate surface area is 107 Å². The van der Waals surface area contributed by atoms with Gasteiger partial charge in [0.2, 0.25) is 0 Å². The van der Waals surface area contributed by atoms with Crippen LogP contribution >= 0.6 is 0 Å². The number of hydrogen-bond acceptors (Lipinski definition) is 0.